The minimum Gasteiger partial charge on any atom is -0.484 e. The Morgan fingerprint density at radius 1 is 1.38 bits per heavy atom. The molecule has 1 aromatic carbocycles. The second-order valence-corrected chi connectivity index (χ2v) is 5.56. The van der Waals surface area contributed by atoms with Crippen LogP contribution in [0.25, 0.3) is 0 Å². The molecule has 1 aromatic rings. The standard InChI is InChI=1S/C17H25NO3/c1-2-14-7-6-9-16(11-14)21-13-17(20)18-10-5-3-4-8-15(18)12-19/h6-7,9,11,15,19H,2-5,8,10,12-13H2,1H3. The quantitative estimate of drug-likeness (QED) is 0.906. The normalized spacial score (nSPS) is 19.1. The van der Waals surface area contributed by atoms with E-state index in [9.17, 15) is 9.90 Å². The maximum absolute atomic E-state index is 12.3. The molecule has 1 aliphatic heterocycles. The van der Waals surface area contributed by atoms with Crippen molar-refractivity contribution < 1.29 is 14.6 Å². The van der Waals surface area contributed by atoms with Crippen molar-refractivity contribution in [1.82, 2.24) is 4.90 Å². The summed E-state index contributed by atoms with van der Waals surface area (Å²) in [5.74, 6) is 0.705. The number of aryl methyl sites for hydroxylation is 1. The summed E-state index contributed by atoms with van der Waals surface area (Å²) in [6, 6.07) is 7.79. The van der Waals surface area contributed by atoms with Gasteiger partial charge in [0.25, 0.3) is 5.91 Å². The topological polar surface area (TPSA) is 49.8 Å². The van der Waals surface area contributed by atoms with Crippen LogP contribution >= 0.6 is 0 Å². The van der Waals surface area contributed by atoms with Crippen molar-refractivity contribution in [1.29, 1.82) is 0 Å². The molecule has 2 rings (SSSR count). The number of carbonyl (C=O) groups excluding carboxylic acids is 1. The van der Waals surface area contributed by atoms with E-state index in [-0.39, 0.29) is 25.2 Å². The minimum absolute atomic E-state index is 0.0298. The van der Waals surface area contributed by atoms with Crippen LogP contribution in [-0.2, 0) is 11.2 Å². The zero-order valence-electron chi connectivity index (χ0n) is 12.8. The van der Waals surface area contributed by atoms with Crippen LogP contribution in [0, 0.1) is 0 Å². The van der Waals surface area contributed by atoms with Crippen LogP contribution in [0.4, 0.5) is 0 Å². The van der Waals surface area contributed by atoms with Crippen LogP contribution in [0.5, 0.6) is 5.75 Å². The number of nitrogens with zero attached hydrogens (tertiary/aromatic N) is 1. The Hall–Kier alpha value is -1.55. The van der Waals surface area contributed by atoms with Crippen LogP contribution < -0.4 is 4.74 Å². The molecule has 4 nitrogen and oxygen atoms in total. The van der Waals surface area contributed by atoms with E-state index in [1.807, 2.05) is 24.3 Å². The SMILES string of the molecule is CCc1cccc(OCC(=O)N2CCCCCC2CO)c1. The van der Waals surface area contributed by atoms with E-state index >= 15 is 0 Å². The summed E-state index contributed by atoms with van der Waals surface area (Å²) in [5, 5.41) is 9.45. The molecule has 4 heteroatoms. The number of likely N-dealkylation sites (tertiary alicyclic amines) is 1. The highest BCUT2D eigenvalue weighted by Gasteiger charge is 2.24. The molecule has 1 atom stereocenters. The molecule has 0 saturated carbocycles. The Bertz CT molecular complexity index is 461. The first-order valence-electron chi connectivity index (χ1n) is 7.86. The number of amides is 1. The Morgan fingerprint density at radius 3 is 3.00 bits per heavy atom. The van der Waals surface area contributed by atoms with Gasteiger partial charge in [-0.3, -0.25) is 4.79 Å². The molecule has 0 aromatic heterocycles. The number of benzene rings is 1. The maximum Gasteiger partial charge on any atom is 0.260 e. The lowest BCUT2D eigenvalue weighted by Crippen LogP contribution is -2.44. The van der Waals surface area contributed by atoms with Gasteiger partial charge < -0.3 is 14.7 Å². The molecule has 1 saturated heterocycles. The molecule has 21 heavy (non-hydrogen) atoms. The van der Waals surface area contributed by atoms with Crippen molar-refractivity contribution in [2.24, 2.45) is 0 Å². The Morgan fingerprint density at radius 2 is 2.24 bits per heavy atom. The first-order valence-corrected chi connectivity index (χ1v) is 7.86. The molecule has 0 bridgehead atoms. The van der Waals surface area contributed by atoms with Crippen molar-refractivity contribution in [3.8, 4) is 5.75 Å². The third-order valence-electron chi connectivity index (χ3n) is 4.08. The average molecular weight is 291 g/mol. The average Bonchev–Trinajstić information content (AvgIpc) is 2.78. The number of hydrogen-bond acceptors (Lipinski definition) is 3. The molecule has 1 fully saturated rings. The molecule has 1 unspecified atom stereocenters. The van der Waals surface area contributed by atoms with E-state index < -0.39 is 0 Å². The van der Waals surface area contributed by atoms with E-state index in [4.69, 9.17) is 4.74 Å². The van der Waals surface area contributed by atoms with Gasteiger partial charge in [0.05, 0.1) is 12.6 Å². The molecular weight excluding hydrogens is 266 g/mol. The van der Waals surface area contributed by atoms with Gasteiger partial charge in [0.15, 0.2) is 6.61 Å². The first-order chi connectivity index (χ1) is 10.2. The fraction of sp³-hybridized carbons (Fsp3) is 0.588. The third kappa shape index (κ3) is 4.46. The summed E-state index contributed by atoms with van der Waals surface area (Å²) in [4.78, 5) is 14.1. The van der Waals surface area contributed by atoms with Crippen LogP contribution in [-0.4, -0.2) is 41.7 Å². The van der Waals surface area contributed by atoms with Gasteiger partial charge >= 0.3 is 0 Å². The fourth-order valence-electron chi connectivity index (χ4n) is 2.78. The fourth-order valence-corrected chi connectivity index (χ4v) is 2.78. The minimum atomic E-state index is -0.0504. The lowest BCUT2D eigenvalue weighted by Gasteiger charge is -2.28. The largest absolute Gasteiger partial charge is 0.484 e. The van der Waals surface area contributed by atoms with Gasteiger partial charge in [0, 0.05) is 6.54 Å². The van der Waals surface area contributed by atoms with Gasteiger partial charge in [0.1, 0.15) is 5.75 Å². The number of aliphatic hydroxyl groups excluding tert-OH is 1. The predicted molar refractivity (Wildman–Crippen MR) is 82.4 cm³/mol. The van der Waals surface area contributed by atoms with E-state index in [0.717, 1.165) is 44.4 Å². The lowest BCUT2D eigenvalue weighted by molar-refractivity contribution is -0.136. The summed E-state index contributed by atoms with van der Waals surface area (Å²) in [6.07, 6.45) is 5.04. The lowest BCUT2D eigenvalue weighted by atomic mass is 10.1. The molecular formula is C17H25NO3. The van der Waals surface area contributed by atoms with Gasteiger partial charge in [-0.1, -0.05) is 31.9 Å². The second-order valence-electron chi connectivity index (χ2n) is 5.56. The molecule has 0 spiro atoms. The Labute approximate surface area is 126 Å². The van der Waals surface area contributed by atoms with Crippen molar-refractivity contribution in [3.63, 3.8) is 0 Å². The van der Waals surface area contributed by atoms with E-state index in [1.54, 1.807) is 4.90 Å². The number of hydrogen-bond donors (Lipinski definition) is 1. The molecule has 0 aliphatic carbocycles. The number of ether oxygens (including phenoxy) is 1. The molecule has 1 N–H and O–H groups in total. The van der Waals surface area contributed by atoms with E-state index in [1.165, 1.54) is 5.56 Å². The van der Waals surface area contributed by atoms with Gasteiger partial charge in [-0.15, -0.1) is 0 Å². The first kappa shape index (κ1) is 15.8. The zero-order chi connectivity index (χ0) is 15.1. The molecule has 1 aliphatic rings. The van der Waals surface area contributed by atoms with Gasteiger partial charge in [-0.2, -0.15) is 0 Å². The summed E-state index contributed by atoms with van der Waals surface area (Å²) in [7, 11) is 0. The van der Waals surface area contributed by atoms with Gasteiger partial charge in [-0.25, -0.2) is 0 Å². The molecule has 1 amide bonds. The predicted octanol–water partition coefficient (Wildman–Crippen LogP) is 2.39. The zero-order valence-corrected chi connectivity index (χ0v) is 12.8. The summed E-state index contributed by atoms with van der Waals surface area (Å²) < 4.78 is 5.62. The maximum atomic E-state index is 12.3. The Kier molecular flexibility index (Phi) is 6.05. The third-order valence-corrected chi connectivity index (χ3v) is 4.08. The van der Waals surface area contributed by atoms with Crippen molar-refractivity contribution in [2.75, 3.05) is 19.8 Å². The summed E-state index contributed by atoms with van der Waals surface area (Å²) in [6.45, 7) is 2.90. The van der Waals surface area contributed by atoms with Crippen LogP contribution in [0.2, 0.25) is 0 Å². The van der Waals surface area contributed by atoms with Crippen LogP contribution in [0.15, 0.2) is 24.3 Å². The molecule has 0 radical (unpaired) electrons. The molecule has 116 valence electrons. The highest BCUT2D eigenvalue weighted by Crippen LogP contribution is 2.18. The smallest absolute Gasteiger partial charge is 0.260 e. The summed E-state index contributed by atoms with van der Waals surface area (Å²) >= 11 is 0. The number of rotatable bonds is 5. The van der Waals surface area contributed by atoms with Crippen molar-refractivity contribution >= 4 is 5.91 Å². The van der Waals surface area contributed by atoms with E-state index in [0.29, 0.717) is 0 Å². The second kappa shape index (κ2) is 8.03. The van der Waals surface area contributed by atoms with Crippen LogP contribution in [0.1, 0.15) is 38.2 Å². The molecule has 1 heterocycles. The van der Waals surface area contributed by atoms with E-state index in [2.05, 4.69) is 6.92 Å². The highest BCUT2D eigenvalue weighted by atomic mass is 16.5. The van der Waals surface area contributed by atoms with Crippen molar-refractivity contribution in [3.05, 3.63) is 29.8 Å². The van der Waals surface area contributed by atoms with Crippen LogP contribution in [0.3, 0.4) is 0 Å². The number of aliphatic hydroxyl groups is 1. The summed E-state index contributed by atoms with van der Waals surface area (Å²) in [5.41, 5.74) is 1.20. The monoisotopic (exact) mass is 291 g/mol. The number of carbonyl (C=O) groups is 1. The Balaban J connectivity index is 1.93. The van der Waals surface area contributed by atoms with Gasteiger partial charge in [0.2, 0.25) is 0 Å². The van der Waals surface area contributed by atoms with Gasteiger partial charge in [-0.05, 0) is 37.0 Å². The highest BCUT2D eigenvalue weighted by molar-refractivity contribution is 5.78. The van der Waals surface area contributed by atoms with Crippen molar-refractivity contribution in [2.45, 2.75) is 45.1 Å².